The van der Waals surface area contributed by atoms with Crippen LogP contribution in [0.4, 0.5) is 0 Å². The first-order chi connectivity index (χ1) is 25.7. The minimum Gasteiger partial charge on any atom is -0.309 e. The molecule has 0 radical (unpaired) electrons. The first-order valence-corrected chi connectivity index (χ1v) is 18.3. The minimum atomic E-state index is 0.723. The molecular weight excluding hydrogens is 651 g/mol. The second kappa shape index (κ2) is 12.6. The van der Waals surface area contributed by atoms with E-state index in [0.717, 1.165) is 38.9 Å². The van der Waals surface area contributed by atoms with Crippen molar-refractivity contribution in [2.75, 3.05) is 0 Å². The van der Waals surface area contributed by atoms with Gasteiger partial charge in [0.1, 0.15) is 0 Å². The number of fused-ring (bicyclic) bond motifs is 4. The molecule has 244 valence electrons. The van der Waals surface area contributed by atoms with Gasteiger partial charge >= 0.3 is 0 Å². The SMILES string of the molecule is c1ccc(-c2ccc3c(c2)c2cc(-c4ccccc4)ccc2n3-c2ccc(-c3cc(-c4cc5ccccc5s4)nc(-c4ccccc4)n3)cc2)cc1. The van der Waals surface area contributed by atoms with Crippen molar-refractivity contribution in [3.63, 3.8) is 0 Å². The average molecular weight is 682 g/mol. The Kier molecular flexibility index (Phi) is 7.33. The van der Waals surface area contributed by atoms with Crippen molar-refractivity contribution in [1.82, 2.24) is 14.5 Å². The predicted octanol–water partition coefficient (Wildman–Crippen LogP) is 13.1. The van der Waals surface area contributed by atoms with Crippen LogP contribution in [0, 0.1) is 0 Å². The molecule has 0 aliphatic heterocycles. The van der Waals surface area contributed by atoms with Crippen LogP contribution in [0.1, 0.15) is 0 Å². The summed E-state index contributed by atoms with van der Waals surface area (Å²) >= 11 is 1.77. The number of hydrogen-bond acceptors (Lipinski definition) is 3. The molecule has 0 N–H and O–H groups in total. The van der Waals surface area contributed by atoms with E-state index in [1.165, 1.54) is 54.1 Å². The van der Waals surface area contributed by atoms with Crippen LogP contribution in [0.2, 0.25) is 0 Å². The van der Waals surface area contributed by atoms with Crippen LogP contribution in [0.3, 0.4) is 0 Å². The van der Waals surface area contributed by atoms with Gasteiger partial charge in [0.05, 0.1) is 27.3 Å². The van der Waals surface area contributed by atoms with E-state index in [2.05, 4.69) is 174 Å². The third-order valence-corrected chi connectivity index (χ3v) is 11.0. The molecule has 0 atom stereocenters. The lowest BCUT2D eigenvalue weighted by molar-refractivity contribution is 1.17. The highest BCUT2D eigenvalue weighted by Gasteiger charge is 2.17. The van der Waals surface area contributed by atoms with E-state index in [0.29, 0.717) is 0 Å². The van der Waals surface area contributed by atoms with Gasteiger partial charge in [-0.1, -0.05) is 133 Å². The van der Waals surface area contributed by atoms with Crippen molar-refractivity contribution in [2.24, 2.45) is 0 Å². The zero-order valence-corrected chi connectivity index (χ0v) is 29.0. The van der Waals surface area contributed by atoms with Crippen LogP contribution in [0.5, 0.6) is 0 Å². The molecule has 4 heteroatoms. The summed E-state index contributed by atoms with van der Waals surface area (Å²) in [7, 11) is 0. The summed E-state index contributed by atoms with van der Waals surface area (Å²) in [6, 6.07) is 66.9. The second-order valence-corrected chi connectivity index (χ2v) is 14.1. The molecule has 0 spiro atoms. The Bertz CT molecular complexity index is 2740. The molecule has 0 aliphatic rings. The van der Waals surface area contributed by atoms with E-state index in [9.17, 15) is 0 Å². The van der Waals surface area contributed by atoms with Gasteiger partial charge in [0, 0.05) is 32.3 Å². The topological polar surface area (TPSA) is 30.7 Å². The molecule has 3 nitrogen and oxygen atoms in total. The van der Waals surface area contributed by atoms with Crippen LogP contribution in [-0.4, -0.2) is 14.5 Å². The Balaban J connectivity index is 1.11. The Hall–Kier alpha value is -6.62. The smallest absolute Gasteiger partial charge is 0.160 e. The second-order valence-electron chi connectivity index (χ2n) is 13.1. The molecule has 0 aliphatic carbocycles. The fourth-order valence-corrected chi connectivity index (χ4v) is 8.27. The Morgan fingerprint density at radius 1 is 0.385 bits per heavy atom. The summed E-state index contributed by atoms with van der Waals surface area (Å²) in [4.78, 5) is 11.3. The maximum Gasteiger partial charge on any atom is 0.160 e. The van der Waals surface area contributed by atoms with E-state index >= 15 is 0 Å². The predicted molar refractivity (Wildman–Crippen MR) is 219 cm³/mol. The van der Waals surface area contributed by atoms with Crippen LogP contribution < -0.4 is 0 Å². The molecule has 3 heterocycles. The summed E-state index contributed by atoms with van der Waals surface area (Å²) in [5, 5.41) is 3.69. The molecule has 52 heavy (non-hydrogen) atoms. The largest absolute Gasteiger partial charge is 0.309 e. The zero-order chi connectivity index (χ0) is 34.4. The molecule has 0 bridgehead atoms. The van der Waals surface area contributed by atoms with Crippen LogP contribution in [0.15, 0.2) is 188 Å². The lowest BCUT2D eigenvalue weighted by Gasteiger charge is -2.11. The molecule has 10 aromatic rings. The molecule has 0 saturated heterocycles. The molecule has 0 saturated carbocycles. The van der Waals surface area contributed by atoms with Crippen molar-refractivity contribution >= 4 is 43.2 Å². The summed E-state index contributed by atoms with van der Waals surface area (Å²) in [5.74, 6) is 0.723. The van der Waals surface area contributed by atoms with Gasteiger partial charge in [-0.2, -0.15) is 0 Å². The number of aromatic nitrogens is 3. The summed E-state index contributed by atoms with van der Waals surface area (Å²) in [6.45, 7) is 0. The van der Waals surface area contributed by atoms with Crippen LogP contribution >= 0.6 is 11.3 Å². The Morgan fingerprint density at radius 2 is 0.904 bits per heavy atom. The van der Waals surface area contributed by atoms with Crippen molar-refractivity contribution < 1.29 is 0 Å². The van der Waals surface area contributed by atoms with Gasteiger partial charge in [-0.3, -0.25) is 0 Å². The van der Waals surface area contributed by atoms with Gasteiger partial charge in [-0.05, 0) is 82.2 Å². The number of benzene rings is 7. The highest BCUT2D eigenvalue weighted by atomic mass is 32.1. The Morgan fingerprint density at radius 3 is 1.50 bits per heavy atom. The van der Waals surface area contributed by atoms with Crippen LogP contribution in [-0.2, 0) is 0 Å². The number of rotatable bonds is 6. The molecule has 7 aromatic carbocycles. The molecule has 0 amide bonds. The van der Waals surface area contributed by atoms with E-state index in [-0.39, 0.29) is 0 Å². The first-order valence-electron chi connectivity index (χ1n) is 17.5. The van der Waals surface area contributed by atoms with E-state index in [1.807, 2.05) is 18.2 Å². The van der Waals surface area contributed by atoms with Gasteiger partial charge in [0.15, 0.2) is 5.82 Å². The Labute approximate surface area is 305 Å². The lowest BCUT2D eigenvalue weighted by Crippen LogP contribution is -1.96. The van der Waals surface area contributed by atoms with Crippen molar-refractivity contribution in [2.45, 2.75) is 0 Å². The molecule has 10 rings (SSSR count). The highest BCUT2D eigenvalue weighted by Crippen LogP contribution is 2.39. The van der Waals surface area contributed by atoms with Gasteiger partial charge in [0.25, 0.3) is 0 Å². The monoisotopic (exact) mass is 681 g/mol. The van der Waals surface area contributed by atoms with E-state index < -0.39 is 0 Å². The minimum absolute atomic E-state index is 0.723. The third-order valence-electron chi connectivity index (χ3n) is 9.84. The first kappa shape index (κ1) is 30.2. The number of hydrogen-bond donors (Lipinski definition) is 0. The standard InChI is InChI=1S/C48H31N3S/c1-4-12-32(13-5-1)36-22-26-44-40(28-36)41-29-37(33-14-6-2-7-15-33)23-27-45(41)51(44)39-24-20-34(21-25-39)42-31-43(47-30-38-18-10-11-19-46(38)52-47)50-48(49-42)35-16-8-3-9-17-35/h1-31H. The highest BCUT2D eigenvalue weighted by molar-refractivity contribution is 7.22. The molecule has 3 aromatic heterocycles. The summed E-state index contributed by atoms with van der Waals surface area (Å²) in [6.07, 6.45) is 0. The molecular formula is C48H31N3S. The summed E-state index contributed by atoms with van der Waals surface area (Å²) in [5.41, 5.74) is 12.2. The van der Waals surface area contributed by atoms with E-state index in [1.54, 1.807) is 11.3 Å². The maximum atomic E-state index is 5.11. The van der Waals surface area contributed by atoms with Crippen molar-refractivity contribution in [3.8, 4) is 61.2 Å². The fourth-order valence-electron chi connectivity index (χ4n) is 7.25. The van der Waals surface area contributed by atoms with Crippen molar-refractivity contribution in [3.05, 3.63) is 188 Å². The number of thiophene rings is 1. The van der Waals surface area contributed by atoms with E-state index in [4.69, 9.17) is 9.97 Å². The summed E-state index contributed by atoms with van der Waals surface area (Å²) < 4.78 is 3.64. The third kappa shape index (κ3) is 5.38. The van der Waals surface area contributed by atoms with Crippen molar-refractivity contribution in [1.29, 1.82) is 0 Å². The van der Waals surface area contributed by atoms with Gasteiger partial charge in [0.2, 0.25) is 0 Å². The van der Waals surface area contributed by atoms with Crippen LogP contribution in [0.25, 0.3) is 93.0 Å². The van der Waals surface area contributed by atoms with Gasteiger partial charge in [-0.25, -0.2) is 9.97 Å². The van der Waals surface area contributed by atoms with Gasteiger partial charge in [-0.15, -0.1) is 11.3 Å². The molecule has 0 fully saturated rings. The maximum absolute atomic E-state index is 5.11. The average Bonchev–Trinajstić information content (AvgIpc) is 3.81. The zero-order valence-electron chi connectivity index (χ0n) is 28.1. The number of nitrogens with zero attached hydrogens (tertiary/aromatic N) is 3. The molecule has 0 unspecified atom stereocenters. The normalized spacial score (nSPS) is 11.5. The quantitative estimate of drug-likeness (QED) is 0.175. The lowest BCUT2D eigenvalue weighted by atomic mass is 10.0. The fraction of sp³-hybridized carbons (Fsp3) is 0. The van der Waals surface area contributed by atoms with Gasteiger partial charge < -0.3 is 4.57 Å².